The third-order valence-electron chi connectivity index (χ3n) is 3.03. The van der Waals surface area contributed by atoms with Gasteiger partial charge in [0.1, 0.15) is 6.04 Å². The molecule has 0 bridgehead atoms. The lowest BCUT2D eigenvalue weighted by Crippen LogP contribution is -2.45. The molecule has 0 aliphatic rings. The van der Waals surface area contributed by atoms with Gasteiger partial charge in [0.2, 0.25) is 5.91 Å². The quantitative estimate of drug-likeness (QED) is 0.798. The van der Waals surface area contributed by atoms with E-state index in [1.807, 2.05) is 19.1 Å². The number of anilines is 1. The summed E-state index contributed by atoms with van der Waals surface area (Å²) in [6.45, 7) is 5.38. The Balaban J connectivity index is 2.93. The Bertz CT molecular complexity index is 392. The van der Waals surface area contributed by atoms with Crippen LogP contribution in [0, 0.1) is 6.92 Å². The number of nitrogens with zero attached hydrogens (tertiary/aromatic N) is 1. The summed E-state index contributed by atoms with van der Waals surface area (Å²) >= 11 is 0. The number of hydrogen-bond acceptors (Lipinski definition) is 3. The van der Waals surface area contributed by atoms with Crippen LogP contribution in [0.5, 0.6) is 0 Å². The Labute approximate surface area is 109 Å². The second kappa shape index (κ2) is 7.01. The predicted molar refractivity (Wildman–Crippen MR) is 75.7 cm³/mol. The molecule has 0 radical (unpaired) electrons. The number of carbonyl (C=O) groups is 1. The number of benzene rings is 1. The standard InChI is InChI=1S/C14H23N3O/c1-11-6-4-7-13(10-11)17(9-5-8-15)12(2)14(18)16-3/h4,6-7,10,12H,5,8-9,15H2,1-3H3,(H,16,18). The van der Waals surface area contributed by atoms with Gasteiger partial charge >= 0.3 is 0 Å². The maximum Gasteiger partial charge on any atom is 0.242 e. The molecule has 0 saturated heterocycles. The van der Waals surface area contributed by atoms with Crippen LogP contribution in [-0.2, 0) is 4.79 Å². The summed E-state index contributed by atoms with van der Waals surface area (Å²) in [6, 6.07) is 7.99. The van der Waals surface area contributed by atoms with Crippen LogP contribution in [0.3, 0.4) is 0 Å². The Hall–Kier alpha value is -1.55. The molecule has 18 heavy (non-hydrogen) atoms. The molecule has 0 heterocycles. The normalized spacial score (nSPS) is 12.0. The van der Waals surface area contributed by atoms with Gasteiger partial charge in [0.25, 0.3) is 0 Å². The number of likely N-dealkylation sites (N-methyl/N-ethyl adjacent to an activating group) is 1. The van der Waals surface area contributed by atoms with Gasteiger partial charge in [0.05, 0.1) is 0 Å². The lowest BCUT2D eigenvalue weighted by Gasteiger charge is -2.30. The topological polar surface area (TPSA) is 58.4 Å². The van der Waals surface area contributed by atoms with Crippen LogP contribution in [0.4, 0.5) is 5.69 Å². The van der Waals surface area contributed by atoms with Gasteiger partial charge in [0, 0.05) is 19.3 Å². The summed E-state index contributed by atoms with van der Waals surface area (Å²) in [5.41, 5.74) is 7.82. The predicted octanol–water partition coefficient (Wildman–Crippen LogP) is 1.28. The van der Waals surface area contributed by atoms with Gasteiger partial charge in [-0.2, -0.15) is 0 Å². The van der Waals surface area contributed by atoms with Gasteiger partial charge in [-0.15, -0.1) is 0 Å². The number of nitrogens with two attached hydrogens (primary N) is 1. The van der Waals surface area contributed by atoms with Crippen LogP contribution >= 0.6 is 0 Å². The van der Waals surface area contributed by atoms with Crippen molar-refractivity contribution in [1.82, 2.24) is 5.32 Å². The Morgan fingerprint density at radius 3 is 2.78 bits per heavy atom. The fourth-order valence-corrected chi connectivity index (χ4v) is 1.97. The number of amides is 1. The Kier molecular flexibility index (Phi) is 5.65. The molecule has 3 N–H and O–H groups in total. The average Bonchev–Trinajstić information content (AvgIpc) is 2.38. The van der Waals surface area contributed by atoms with Crippen molar-refractivity contribution in [3.05, 3.63) is 29.8 Å². The molecule has 4 heteroatoms. The van der Waals surface area contributed by atoms with Crippen LogP contribution < -0.4 is 16.0 Å². The smallest absolute Gasteiger partial charge is 0.242 e. The first-order valence-electron chi connectivity index (χ1n) is 6.35. The SMILES string of the molecule is CNC(=O)C(C)N(CCCN)c1cccc(C)c1. The van der Waals surface area contributed by atoms with E-state index in [-0.39, 0.29) is 11.9 Å². The van der Waals surface area contributed by atoms with E-state index in [1.165, 1.54) is 5.56 Å². The number of rotatable bonds is 6. The van der Waals surface area contributed by atoms with Gasteiger partial charge in [-0.1, -0.05) is 12.1 Å². The molecule has 100 valence electrons. The number of hydrogen-bond donors (Lipinski definition) is 2. The zero-order valence-corrected chi connectivity index (χ0v) is 11.4. The molecule has 0 fully saturated rings. The van der Waals surface area contributed by atoms with Crippen molar-refractivity contribution >= 4 is 11.6 Å². The van der Waals surface area contributed by atoms with E-state index in [9.17, 15) is 4.79 Å². The van der Waals surface area contributed by atoms with Crippen molar-refractivity contribution in [3.8, 4) is 0 Å². The van der Waals surface area contributed by atoms with E-state index in [0.29, 0.717) is 6.54 Å². The first-order chi connectivity index (χ1) is 8.60. The van der Waals surface area contributed by atoms with Crippen LogP contribution in [0.25, 0.3) is 0 Å². The minimum Gasteiger partial charge on any atom is -0.360 e. The minimum absolute atomic E-state index is 0.0218. The fraction of sp³-hybridized carbons (Fsp3) is 0.500. The molecule has 1 unspecified atom stereocenters. The van der Waals surface area contributed by atoms with Crippen molar-refractivity contribution in [3.63, 3.8) is 0 Å². The van der Waals surface area contributed by atoms with Crippen molar-refractivity contribution in [2.75, 3.05) is 25.0 Å². The van der Waals surface area contributed by atoms with Gasteiger partial charge in [-0.25, -0.2) is 0 Å². The van der Waals surface area contributed by atoms with Crippen molar-refractivity contribution in [1.29, 1.82) is 0 Å². The van der Waals surface area contributed by atoms with Gasteiger partial charge in [0.15, 0.2) is 0 Å². The van der Waals surface area contributed by atoms with Gasteiger partial charge < -0.3 is 16.0 Å². The van der Waals surface area contributed by atoms with Crippen LogP contribution in [-0.4, -0.2) is 32.1 Å². The van der Waals surface area contributed by atoms with Crippen LogP contribution in [0.15, 0.2) is 24.3 Å². The zero-order valence-electron chi connectivity index (χ0n) is 11.4. The summed E-state index contributed by atoms with van der Waals surface area (Å²) in [5.74, 6) is 0.0218. The highest BCUT2D eigenvalue weighted by Gasteiger charge is 2.20. The molecule has 0 aliphatic heterocycles. The first-order valence-corrected chi connectivity index (χ1v) is 6.35. The first kappa shape index (κ1) is 14.5. The highest BCUT2D eigenvalue weighted by Crippen LogP contribution is 2.19. The largest absolute Gasteiger partial charge is 0.360 e. The maximum absolute atomic E-state index is 11.8. The molecule has 0 aromatic heterocycles. The molecule has 0 spiro atoms. The molecule has 1 amide bonds. The minimum atomic E-state index is -0.191. The van der Waals surface area contributed by atoms with Crippen LogP contribution in [0.2, 0.25) is 0 Å². The summed E-state index contributed by atoms with van der Waals surface area (Å²) in [5, 5.41) is 2.69. The lowest BCUT2D eigenvalue weighted by molar-refractivity contribution is -0.121. The summed E-state index contributed by atoms with van der Waals surface area (Å²) < 4.78 is 0. The van der Waals surface area contributed by atoms with E-state index < -0.39 is 0 Å². The van der Waals surface area contributed by atoms with Crippen molar-refractivity contribution < 1.29 is 4.79 Å². The summed E-state index contributed by atoms with van der Waals surface area (Å²) in [7, 11) is 1.66. The van der Waals surface area contributed by atoms with E-state index in [1.54, 1.807) is 7.05 Å². The lowest BCUT2D eigenvalue weighted by atomic mass is 10.1. The number of nitrogens with one attached hydrogen (secondary N) is 1. The summed E-state index contributed by atoms with van der Waals surface area (Å²) in [4.78, 5) is 13.9. The highest BCUT2D eigenvalue weighted by molar-refractivity contribution is 5.84. The molecule has 1 atom stereocenters. The summed E-state index contributed by atoms with van der Waals surface area (Å²) in [6.07, 6.45) is 0.870. The molecular weight excluding hydrogens is 226 g/mol. The third-order valence-corrected chi connectivity index (χ3v) is 3.03. The van der Waals surface area contributed by atoms with Crippen molar-refractivity contribution in [2.45, 2.75) is 26.3 Å². The van der Waals surface area contributed by atoms with Gasteiger partial charge in [-0.05, 0) is 44.5 Å². The van der Waals surface area contributed by atoms with Gasteiger partial charge in [-0.3, -0.25) is 4.79 Å². The Morgan fingerprint density at radius 2 is 2.22 bits per heavy atom. The molecular formula is C14H23N3O. The zero-order chi connectivity index (χ0) is 13.5. The molecule has 1 rings (SSSR count). The van der Waals surface area contributed by atoms with Crippen LogP contribution in [0.1, 0.15) is 18.9 Å². The maximum atomic E-state index is 11.8. The molecule has 0 aliphatic carbocycles. The van der Waals surface area contributed by atoms with E-state index in [0.717, 1.165) is 18.7 Å². The van der Waals surface area contributed by atoms with E-state index in [4.69, 9.17) is 5.73 Å². The Morgan fingerprint density at radius 1 is 1.50 bits per heavy atom. The van der Waals surface area contributed by atoms with E-state index in [2.05, 4.69) is 29.3 Å². The second-order valence-electron chi connectivity index (χ2n) is 4.46. The van der Waals surface area contributed by atoms with Crippen molar-refractivity contribution in [2.24, 2.45) is 5.73 Å². The fourth-order valence-electron chi connectivity index (χ4n) is 1.97. The molecule has 4 nitrogen and oxygen atoms in total. The number of carbonyl (C=O) groups excluding carboxylic acids is 1. The highest BCUT2D eigenvalue weighted by atomic mass is 16.2. The molecule has 1 aromatic rings. The van der Waals surface area contributed by atoms with E-state index >= 15 is 0 Å². The molecule has 0 saturated carbocycles. The monoisotopic (exact) mass is 249 g/mol. The molecule has 1 aromatic carbocycles. The second-order valence-corrected chi connectivity index (χ2v) is 4.46. The average molecular weight is 249 g/mol. The third kappa shape index (κ3) is 3.74. The number of aryl methyl sites for hydroxylation is 1.